The molecule has 2 aliphatic heterocycles. The average molecular weight is 429 g/mol. The Balaban J connectivity index is 1.45. The van der Waals surface area contributed by atoms with E-state index in [1.807, 2.05) is 27.6 Å². The molecule has 0 bridgehead atoms. The summed E-state index contributed by atoms with van der Waals surface area (Å²) in [5.74, 6) is 1.43. The fourth-order valence-corrected chi connectivity index (χ4v) is 4.55. The predicted molar refractivity (Wildman–Crippen MR) is 113 cm³/mol. The summed E-state index contributed by atoms with van der Waals surface area (Å²) in [4.78, 5) is 28.8. The fraction of sp³-hybridized carbons (Fsp3) is 0.682. The van der Waals surface area contributed by atoms with E-state index in [0.717, 1.165) is 58.2 Å². The van der Waals surface area contributed by atoms with Crippen LogP contribution in [0.25, 0.3) is 0 Å². The molecule has 2 amide bonds. The number of hydrogen-bond acceptors (Lipinski definition) is 6. The highest BCUT2D eigenvalue weighted by Gasteiger charge is 2.34. The zero-order valence-corrected chi connectivity index (χ0v) is 18.5. The summed E-state index contributed by atoms with van der Waals surface area (Å²) in [6.45, 7) is 6.89. The molecule has 0 saturated carbocycles. The maximum atomic E-state index is 13.2. The van der Waals surface area contributed by atoms with Crippen LogP contribution in [0.1, 0.15) is 93.0 Å². The van der Waals surface area contributed by atoms with Gasteiger partial charge in [-0.2, -0.15) is 5.10 Å². The topological polar surface area (TPSA) is 97.4 Å². The van der Waals surface area contributed by atoms with Gasteiger partial charge in [0.2, 0.25) is 17.7 Å². The standard InChI is InChI=1S/C22H32N6O3/c1-3-11-27-15-10-17(25-27)22(30)28-12-6-5-7-18(28)21-24-23-20(31-21)16-8-13-26(14-9-16)19(29)4-2/h10,15-16,18H,3-9,11-14H2,1-2H3. The van der Waals surface area contributed by atoms with E-state index >= 15 is 0 Å². The minimum Gasteiger partial charge on any atom is -0.423 e. The van der Waals surface area contributed by atoms with E-state index in [9.17, 15) is 9.59 Å². The lowest BCUT2D eigenvalue weighted by Crippen LogP contribution is -2.39. The van der Waals surface area contributed by atoms with E-state index in [-0.39, 0.29) is 23.8 Å². The zero-order chi connectivity index (χ0) is 21.8. The molecule has 2 aromatic rings. The summed E-state index contributed by atoms with van der Waals surface area (Å²) >= 11 is 0. The van der Waals surface area contributed by atoms with Crippen molar-refractivity contribution in [3.63, 3.8) is 0 Å². The Morgan fingerprint density at radius 2 is 1.84 bits per heavy atom. The SMILES string of the molecule is CCCn1ccc(C(=O)N2CCCCC2c2nnc(C3CCN(C(=O)CC)CC3)o2)n1. The lowest BCUT2D eigenvalue weighted by Gasteiger charge is -2.33. The molecule has 1 unspecified atom stereocenters. The number of hydrogen-bond donors (Lipinski definition) is 0. The summed E-state index contributed by atoms with van der Waals surface area (Å²) in [5.41, 5.74) is 0.466. The van der Waals surface area contributed by atoms with Gasteiger partial charge in [0.25, 0.3) is 5.91 Å². The second-order valence-corrected chi connectivity index (χ2v) is 8.46. The van der Waals surface area contributed by atoms with E-state index in [4.69, 9.17) is 4.42 Å². The molecular weight excluding hydrogens is 396 g/mol. The number of aromatic nitrogens is 4. The summed E-state index contributed by atoms with van der Waals surface area (Å²) in [6, 6.07) is 1.58. The van der Waals surface area contributed by atoms with Crippen LogP contribution in [0.5, 0.6) is 0 Å². The molecule has 0 aromatic carbocycles. The Kier molecular flexibility index (Phi) is 6.67. The van der Waals surface area contributed by atoms with Crippen molar-refractivity contribution in [2.24, 2.45) is 0 Å². The maximum absolute atomic E-state index is 13.2. The molecule has 168 valence electrons. The summed E-state index contributed by atoms with van der Waals surface area (Å²) in [5, 5.41) is 13.1. The molecule has 4 rings (SSSR count). The molecule has 0 spiro atoms. The molecule has 2 aromatic heterocycles. The second kappa shape index (κ2) is 9.62. The normalized spacial score (nSPS) is 20.3. The van der Waals surface area contributed by atoms with Gasteiger partial charge in [0.15, 0.2) is 0 Å². The highest BCUT2D eigenvalue weighted by atomic mass is 16.4. The van der Waals surface area contributed by atoms with Gasteiger partial charge in [-0.05, 0) is 44.6 Å². The first kappa shape index (κ1) is 21.5. The number of aryl methyl sites for hydroxylation is 1. The van der Waals surface area contributed by atoms with Crippen LogP contribution in [0.4, 0.5) is 0 Å². The smallest absolute Gasteiger partial charge is 0.275 e. The van der Waals surface area contributed by atoms with Crippen molar-refractivity contribution >= 4 is 11.8 Å². The average Bonchev–Trinajstić information content (AvgIpc) is 3.49. The van der Waals surface area contributed by atoms with E-state index in [0.29, 0.717) is 30.4 Å². The predicted octanol–water partition coefficient (Wildman–Crippen LogP) is 3.16. The molecule has 4 heterocycles. The monoisotopic (exact) mass is 428 g/mol. The molecule has 9 heteroatoms. The van der Waals surface area contributed by atoms with Gasteiger partial charge < -0.3 is 14.2 Å². The number of rotatable bonds is 6. The molecule has 1 atom stereocenters. The van der Waals surface area contributed by atoms with Crippen LogP contribution >= 0.6 is 0 Å². The molecule has 2 aliphatic rings. The van der Waals surface area contributed by atoms with E-state index in [1.165, 1.54) is 0 Å². The molecule has 2 fully saturated rings. The highest BCUT2D eigenvalue weighted by Crippen LogP contribution is 2.34. The van der Waals surface area contributed by atoms with Crippen molar-refractivity contribution in [3.05, 3.63) is 29.7 Å². The minimum absolute atomic E-state index is 0.0781. The maximum Gasteiger partial charge on any atom is 0.275 e. The van der Waals surface area contributed by atoms with Crippen molar-refractivity contribution in [1.82, 2.24) is 29.8 Å². The van der Waals surface area contributed by atoms with Crippen LogP contribution in [-0.2, 0) is 11.3 Å². The molecular formula is C22H32N6O3. The molecule has 2 saturated heterocycles. The van der Waals surface area contributed by atoms with Gasteiger partial charge >= 0.3 is 0 Å². The van der Waals surface area contributed by atoms with Gasteiger partial charge in [-0.1, -0.05) is 13.8 Å². The van der Waals surface area contributed by atoms with Gasteiger partial charge in [0, 0.05) is 44.7 Å². The summed E-state index contributed by atoms with van der Waals surface area (Å²) in [6.07, 6.45) is 7.82. The first-order valence-electron chi connectivity index (χ1n) is 11.6. The van der Waals surface area contributed by atoms with Crippen LogP contribution in [0, 0.1) is 0 Å². The summed E-state index contributed by atoms with van der Waals surface area (Å²) in [7, 11) is 0. The quantitative estimate of drug-likeness (QED) is 0.701. The highest BCUT2D eigenvalue weighted by molar-refractivity contribution is 5.92. The number of nitrogens with zero attached hydrogens (tertiary/aromatic N) is 6. The third kappa shape index (κ3) is 4.65. The van der Waals surface area contributed by atoms with Gasteiger partial charge in [-0.25, -0.2) is 0 Å². The van der Waals surface area contributed by atoms with Crippen molar-refractivity contribution < 1.29 is 14.0 Å². The Morgan fingerprint density at radius 3 is 2.58 bits per heavy atom. The van der Waals surface area contributed by atoms with Crippen LogP contribution in [0.3, 0.4) is 0 Å². The first-order chi connectivity index (χ1) is 15.1. The van der Waals surface area contributed by atoms with Gasteiger partial charge in [-0.3, -0.25) is 14.3 Å². The van der Waals surface area contributed by atoms with Crippen molar-refractivity contribution in [2.75, 3.05) is 19.6 Å². The lowest BCUT2D eigenvalue weighted by atomic mass is 9.96. The van der Waals surface area contributed by atoms with Crippen molar-refractivity contribution in [1.29, 1.82) is 0 Å². The van der Waals surface area contributed by atoms with E-state index in [2.05, 4.69) is 22.2 Å². The van der Waals surface area contributed by atoms with Crippen LogP contribution in [-0.4, -0.2) is 61.2 Å². The number of piperidine rings is 2. The Morgan fingerprint density at radius 1 is 1.06 bits per heavy atom. The lowest BCUT2D eigenvalue weighted by molar-refractivity contribution is -0.131. The fourth-order valence-electron chi connectivity index (χ4n) is 4.55. The van der Waals surface area contributed by atoms with Gasteiger partial charge in [0.1, 0.15) is 11.7 Å². The van der Waals surface area contributed by atoms with Crippen molar-refractivity contribution in [3.8, 4) is 0 Å². The minimum atomic E-state index is -0.208. The third-order valence-electron chi connectivity index (χ3n) is 6.32. The largest absolute Gasteiger partial charge is 0.423 e. The Labute approximate surface area is 182 Å². The second-order valence-electron chi connectivity index (χ2n) is 8.46. The molecule has 0 aliphatic carbocycles. The number of carbonyl (C=O) groups is 2. The van der Waals surface area contributed by atoms with Crippen LogP contribution in [0.2, 0.25) is 0 Å². The molecule has 31 heavy (non-hydrogen) atoms. The first-order valence-corrected chi connectivity index (χ1v) is 11.6. The Bertz CT molecular complexity index is 899. The number of likely N-dealkylation sites (tertiary alicyclic amines) is 2. The molecule has 0 N–H and O–H groups in total. The van der Waals surface area contributed by atoms with E-state index < -0.39 is 0 Å². The van der Waals surface area contributed by atoms with Crippen LogP contribution < -0.4 is 0 Å². The molecule has 9 nitrogen and oxygen atoms in total. The van der Waals surface area contributed by atoms with Crippen molar-refractivity contribution in [2.45, 2.75) is 77.3 Å². The van der Waals surface area contributed by atoms with Crippen LogP contribution in [0.15, 0.2) is 16.7 Å². The summed E-state index contributed by atoms with van der Waals surface area (Å²) < 4.78 is 7.91. The number of amides is 2. The van der Waals surface area contributed by atoms with Gasteiger partial charge in [-0.15, -0.1) is 10.2 Å². The zero-order valence-electron chi connectivity index (χ0n) is 18.5. The number of carbonyl (C=O) groups excluding carboxylic acids is 2. The third-order valence-corrected chi connectivity index (χ3v) is 6.32. The van der Waals surface area contributed by atoms with E-state index in [1.54, 1.807) is 6.07 Å². The van der Waals surface area contributed by atoms with Gasteiger partial charge in [0.05, 0.1) is 0 Å². The Hall–Kier alpha value is -2.71. The molecule has 0 radical (unpaired) electrons.